The van der Waals surface area contributed by atoms with Gasteiger partial charge in [-0.15, -0.1) is 13.2 Å². The van der Waals surface area contributed by atoms with Crippen LogP contribution in [-0.4, -0.2) is 38.4 Å². The molecule has 2 aliphatic heterocycles. The van der Waals surface area contributed by atoms with E-state index in [0.717, 1.165) is 12.4 Å². The Balaban J connectivity index is 1.68. The molecule has 1 saturated heterocycles. The molecule has 3 heterocycles. The number of benzene rings is 1. The van der Waals surface area contributed by atoms with Crippen LogP contribution in [-0.2, 0) is 22.4 Å². The summed E-state index contributed by atoms with van der Waals surface area (Å²) in [5.74, 6) is -1.32. The summed E-state index contributed by atoms with van der Waals surface area (Å²) in [5.41, 5.74) is 1.54. The highest BCUT2D eigenvalue weighted by Gasteiger charge is 2.40. The van der Waals surface area contributed by atoms with E-state index in [1.165, 1.54) is 4.90 Å². The Morgan fingerprint density at radius 2 is 1.89 bits per heavy atom. The summed E-state index contributed by atoms with van der Waals surface area (Å²) >= 11 is 0. The van der Waals surface area contributed by atoms with Crippen LogP contribution >= 0.6 is 0 Å². The van der Waals surface area contributed by atoms with Gasteiger partial charge in [-0.25, -0.2) is 0 Å². The molecule has 1 aromatic carbocycles. The monoisotopic (exact) mass is 378 g/mol. The first-order valence-corrected chi connectivity index (χ1v) is 8.14. The highest BCUT2D eigenvalue weighted by molar-refractivity contribution is 6.06. The predicted octanol–water partition coefficient (Wildman–Crippen LogP) is 1.79. The first-order chi connectivity index (χ1) is 12.8. The fourth-order valence-corrected chi connectivity index (χ4v) is 3.46. The van der Waals surface area contributed by atoms with Crippen LogP contribution in [0.15, 0.2) is 30.6 Å². The number of carbonyl (C=O) groups is 3. The normalized spacial score (nSPS) is 20.0. The van der Waals surface area contributed by atoms with Crippen molar-refractivity contribution >= 4 is 17.7 Å². The van der Waals surface area contributed by atoms with Gasteiger partial charge in [0.25, 0.3) is 5.91 Å². The van der Waals surface area contributed by atoms with Crippen LogP contribution < -0.4 is 5.32 Å². The van der Waals surface area contributed by atoms with E-state index in [-0.39, 0.29) is 41.4 Å². The summed E-state index contributed by atoms with van der Waals surface area (Å²) in [4.78, 5) is 37.5. The molecule has 0 bridgehead atoms. The van der Waals surface area contributed by atoms with Gasteiger partial charge in [-0.1, -0.05) is 12.1 Å². The average Bonchev–Trinajstić information content (AvgIpc) is 3.21. The lowest BCUT2D eigenvalue weighted by Gasteiger charge is -2.29. The van der Waals surface area contributed by atoms with Crippen LogP contribution in [0.4, 0.5) is 13.2 Å². The zero-order valence-electron chi connectivity index (χ0n) is 13.8. The molecular formula is C17H13F3N4O3. The highest BCUT2D eigenvalue weighted by atomic mass is 19.4. The number of alkyl halides is 3. The molecule has 0 saturated carbocycles. The minimum atomic E-state index is -4.63. The van der Waals surface area contributed by atoms with E-state index in [1.54, 1.807) is 18.2 Å². The third-order valence-electron chi connectivity index (χ3n) is 4.74. The van der Waals surface area contributed by atoms with E-state index < -0.39 is 18.2 Å². The van der Waals surface area contributed by atoms with E-state index in [2.05, 4.69) is 10.4 Å². The Morgan fingerprint density at radius 3 is 2.56 bits per heavy atom. The molecular weight excluding hydrogens is 365 g/mol. The van der Waals surface area contributed by atoms with E-state index in [4.69, 9.17) is 0 Å². The number of halogens is 3. The molecule has 2 aliphatic rings. The molecule has 1 N–H and O–H groups in total. The lowest BCUT2D eigenvalue weighted by molar-refractivity contribution is -0.212. The standard InChI is InChI=1S/C17H13F3N4O3/c18-17(19,20)24-7-9(6-21-24)10-2-1-3-11-12(10)8-23(16(11)27)13-4-5-14(25)22-15(13)26/h1-3,6-7,13H,4-5,8H2,(H,22,25,26). The minimum absolute atomic E-state index is 0.0772. The Bertz CT molecular complexity index is 967. The number of piperidine rings is 1. The Hall–Kier alpha value is -3.17. The maximum absolute atomic E-state index is 12.8. The fraction of sp³-hybridized carbons (Fsp3) is 0.294. The molecule has 1 unspecified atom stereocenters. The molecule has 27 heavy (non-hydrogen) atoms. The third kappa shape index (κ3) is 2.86. The van der Waals surface area contributed by atoms with Crippen molar-refractivity contribution in [2.45, 2.75) is 31.7 Å². The second-order valence-electron chi connectivity index (χ2n) is 6.37. The maximum atomic E-state index is 12.8. The summed E-state index contributed by atoms with van der Waals surface area (Å²) in [6.45, 7) is 0.0772. The van der Waals surface area contributed by atoms with Crippen molar-refractivity contribution in [2.24, 2.45) is 0 Å². The van der Waals surface area contributed by atoms with E-state index in [9.17, 15) is 27.6 Å². The van der Waals surface area contributed by atoms with E-state index >= 15 is 0 Å². The molecule has 2 aromatic rings. The number of aromatic nitrogens is 2. The Morgan fingerprint density at radius 1 is 1.15 bits per heavy atom. The summed E-state index contributed by atoms with van der Waals surface area (Å²) < 4.78 is 38.3. The summed E-state index contributed by atoms with van der Waals surface area (Å²) in [7, 11) is 0. The molecule has 140 valence electrons. The number of amides is 3. The second kappa shape index (κ2) is 5.93. The summed E-state index contributed by atoms with van der Waals surface area (Å²) in [6.07, 6.45) is -2.35. The summed E-state index contributed by atoms with van der Waals surface area (Å²) in [5, 5.41) is 5.54. The number of fused-ring (bicyclic) bond motifs is 1. The highest BCUT2D eigenvalue weighted by Crippen LogP contribution is 2.35. The molecule has 1 fully saturated rings. The number of rotatable bonds is 2. The van der Waals surface area contributed by atoms with Crippen LogP contribution in [0.2, 0.25) is 0 Å². The summed E-state index contributed by atoms with van der Waals surface area (Å²) in [6, 6.07) is 3.97. The van der Waals surface area contributed by atoms with Crippen molar-refractivity contribution < 1.29 is 27.6 Å². The molecule has 7 nitrogen and oxygen atoms in total. The molecule has 0 spiro atoms. The van der Waals surface area contributed by atoms with Crippen LogP contribution in [0.5, 0.6) is 0 Å². The van der Waals surface area contributed by atoms with Crippen molar-refractivity contribution in [2.75, 3.05) is 0 Å². The van der Waals surface area contributed by atoms with Crippen molar-refractivity contribution in [3.05, 3.63) is 41.7 Å². The van der Waals surface area contributed by atoms with E-state index in [0.29, 0.717) is 16.7 Å². The number of carbonyl (C=O) groups excluding carboxylic acids is 3. The lowest BCUT2D eigenvalue weighted by Crippen LogP contribution is -2.52. The van der Waals surface area contributed by atoms with Crippen LogP contribution in [0, 0.1) is 0 Å². The largest absolute Gasteiger partial charge is 0.504 e. The maximum Gasteiger partial charge on any atom is 0.504 e. The average molecular weight is 378 g/mol. The quantitative estimate of drug-likeness (QED) is 0.808. The smallest absolute Gasteiger partial charge is 0.322 e. The van der Waals surface area contributed by atoms with Crippen LogP contribution in [0.1, 0.15) is 28.8 Å². The minimum Gasteiger partial charge on any atom is -0.322 e. The first-order valence-electron chi connectivity index (χ1n) is 8.14. The number of hydrogen-bond acceptors (Lipinski definition) is 4. The zero-order valence-corrected chi connectivity index (χ0v) is 13.8. The molecule has 10 heteroatoms. The topological polar surface area (TPSA) is 84.3 Å². The van der Waals surface area contributed by atoms with Crippen molar-refractivity contribution in [3.8, 4) is 11.1 Å². The van der Waals surface area contributed by atoms with Crippen LogP contribution in [0.25, 0.3) is 11.1 Å². The third-order valence-corrected chi connectivity index (χ3v) is 4.74. The molecule has 1 aromatic heterocycles. The second-order valence-corrected chi connectivity index (χ2v) is 6.37. The predicted molar refractivity (Wildman–Crippen MR) is 85.0 cm³/mol. The molecule has 4 rings (SSSR count). The van der Waals surface area contributed by atoms with Gasteiger partial charge in [0.15, 0.2) is 0 Å². The SMILES string of the molecule is O=C1CCC(N2Cc3c(cccc3-c3cnn(C(F)(F)F)c3)C2=O)C(=O)N1. The molecule has 0 aliphatic carbocycles. The first kappa shape index (κ1) is 17.3. The Kier molecular flexibility index (Phi) is 3.79. The number of imide groups is 1. The fourth-order valence-electron chi connectivity index (χ4n) is 3.46. The molecule has 0 radical (unpaired) electrons. The number of nitrogens with zero attached hydrogens (tertiary/aromatic N) is 3. The Labute approximate surface area is 150 Å². The van der Waals surface area contributed by atoms with Gasteiger partial charge in [0.1, 0.15) is 6.04 Å². The van der Waals surface area contributed by atoms with Gasteiger partial charge in [0.2, 0.25) is 11.8 Å². The van der Waals surface area contributed by atoms with Crippen molar-refractivity contribution in [1.29, 1.82) is 0 Å². The zero-order chi connectivity index (χ0) is 19.3. The van der Waals surface area contributed by atoms with Gasteiger partial charge in [-0.3, -0.25) is 19.7 Å². The number of nitrogens with one attached hydrogen (secondary N) is 1. The van der Waals surface area contributed by atoms with Gasteiger partial charge in [-0.05, 0) is 23.6 Å². The van der Waals surface area contributed by atoms with Gasteiger partial charge in [0, 0.05) is 30.3 Å². The van der Waals surface area contributed by atoms with Gasteiger partial charge < -0.3 is 4.90 Å². The lowest BCUT2D eigenvalue weighted by atomic mass is 9.99. The van der Waals surface area contributed by atoms with E-state index in [1.807, 2.05) is 0 Å². The molecule has 3 amide bonds. The molecule has 1 atom stereocenters. The van der Waals surface area contributed by atoms with Crippen molar-refractivity contribution in [3.63, 3.8) is 0 Å². The number of hydrogen-bond donors (Lipinski definition) is 1. The van der Waals surface area contributed by atoms with Gasteiger partial charge >= 0.3 is 6.30 Å². The van der Waals surface area contributed by atoms with Crippen molar-refractivity contribution in [1.82, 2.24) is 20.0 Å². The van der Waals surface area contributed by atoms with Gasteiger partial charge in [-0.2, -0.15) is 9.78 Å². The van der Waals surface area contributed by atoms with Gasteiger partial charge in [0.05, 0.1) is 6.20 Å². The van der Waals surface area contributed by atoms with Crippen LogP contribution in [0.3, 0.4) is 0 Å².